The van der Waals surface area contributed by atoms with Gasteiger partial charge in [-0.3, -0.25) is 9.69 Å². The van der Waals surface area contributed by atoms with E-state index in [1.54, 1.807) is 23.1 Å². The number of carbonyl (C=O) groups is 1. The summed E-state index contributed by atoms with van der Waals surface area (Å²) >= 11 is 3.31. The number of rotatable bonds is 9. The van der Waals surface area contributed by atoms with Crippen molar-refractivity contribution in [2.75, 3.05) is 36.8 Å². The first-order valence-corrected chi connectivity index (χ1v) is 12.0. The summed E-state index contributed by atoms with van der Waals surface area (Å²) in [5, 5.41) is 0.777. The molecular formula is C23H29N3OS2. The number of benzene rings is 2. The normalized spacial score (nSPS) is 11.3. The molecule has 0 aliphatic heterocycles. The van der Waals surface area contributed by atoms with Gasteiger partial charge < -0.3 is 4.90 Å². The Kier molecular flexibility index (Phi) is 7.70. The van der Waals surface area contributed by atoms with E-state index in [0.29, 0.717) is 6.54 Å². The van der Waals surface area contributed by atoms with Crippen molar-refractivity contribution in [2.24, 2.45) is 0 Å². The molecule has 0 saturated heterocycles. The van der Waals surface area contributed by atoms with E-state index in [1.807, 2.05) is 35.2 Å². The van der Waals surface area contributed by atoms with Crippen molar-refractivity contribution < 1.29 is 4.79 Å². The maximum absolute atomic E-state index is 13.6. The lowest BCUT2D eigenvalue weighted by atomic mass is 10.2. The molecule has 0 aliphatic rings. The molecule has 29 heavy (non-hydrogen) atoms. The molecule has 3 rings (SSSR count). The minimum atomic E-state index is 0.0319. The molecule has 4 nitrogen and oxygen atoms in total. The average Bonchev–Trinajstić information content (AvgIpc) is 3.14. The Morgan fingerprint density at radius 3 is 2.55 bits per heavy atom. The monoisotopic (exact) mass is 427 g/mol. The van der Waals surface area contributed by atoms with Gasteiger partial charge in [-0.15, -0.1) is 11.8 Å². The van der Waals surface area contributed by atoms with Crippen LogP contribution in [0.3, 0.4) is 0 Å². The Bertz CT molecular complexity index is 966. The lowest BCUT2D eigenvalue weighted by Crippen LogP contribution is -2.39. The van der Waals surface area contributed by atoms with Gasteiger partial charge in [-0.05, 0) is 55.6 Å². The smallest absolute Gasteiger partial charge is 0.261 e. The molecule has 0 fully saturated rings. The second kappa shape index (κ2) is 10.2. The maximum Gasteiger partial charge on any atom is 0.261 e. The first-order chi connectivity index (χ1) is 14.1. The molecule has 3 aromatic rings. The quantitative estimate of drug-likeness (QED) is 0.410. The lowest BCUT2D eigenvalue weighted by Gasteiger charge is -2.25. The maximum atomic E-state index is 13.6. The molecule has 1 aromatic heterocycles. The number of nitrogens with zero attached hydrogens (tertiary/aromatic N) is 3. The summed E-state index contributed by atoms with van der Waals surface area (Å²) in [7, 11) is 0. The van der Waals surface area contributed by atoms with Crippen LogP contribution in [0.4, 0.5) is 5.13 Å². The van der Waals surface area contributed by atoms with Crippen LogP contribution >= 0.6 is 23.1 Å². The zero-order valence-corrected chi connectivity index (χ0v) is 19.3. The van der Waals surface area contributed by atoms with Crippen molar-refractivity contribution in [1.29, 1.82) is 0 Å². The van der Waals surface area contributed by atoms with Gasteiger partial charge in [0.25, 0.3) is 5.91 Å². The van der Waals surface area contributed by atoms with E-state index in [0.717, 1.165) is 51.2 Å². The number of anilines is 1. The van der Waals surface area contributed by atoms with Crippen molar-refractivity contribution in [3.63, 3.8) is 0 Å². The Morgan fingerprint density at radius 2 is 1.83 bits per heavy atom. The van der Waals surface area contributed by atoms with Crippen LogP contribution in [0.5, 0.6) is 0 Å². The third-order valence-electron chi connectivity index (χ3n) is 4.96. The first-order valence-electron chi connectivity index (χ1n) is 10.2. The van der Waals surface area contributed by atoms with Crippen LogP contribution in [0.1, 0.15) is 36.7 Å². The molecule has 6 heteroatoms. The highest BCUT2D eigenvalue weighted by atomic mass is 32.2. The number of carbonyl (C=O) groups excluding carboxylic acids is 1. The summed E-state index contributed by atoms with van der Waals surface area (Å²) in [4.78, 5) is 23.7. The van der Waals surface area contributed by atoms with Crippen molar-refractivity contribution in [3.05, 3.63) is 53.6 Å². The summed E-state index contributed by atoms with van der Waals surface area (Å²) < 4.78 is 1.12. The van der Waals surface area contributed by atoms with Crippen LogP contribution in [0.25, 0.3) is 10.2 Å². The van der Waals surface area contributed by atoms with E-state index in [9.17, 15) is 4.79 Å². The van der Waals surface area contributed by atoms with E-state index in [1.165, 1.54) is 5.56 Å². The highest BCUT2D eigenvalue weighted by Gasteiger charge is 2.23. The van der Waals surface area contributed by atoms with E-state index in [-0.39, 0.29) is 5.91 Å². The van der Waals surface area contributed by atoms with Crippen LogP contribution in [0.15, 0.2) is 47.4 Å². The van der Waals surface area contributed by atoms with Crippen molar-refractivity contribution >= 4 is 44.4 Å². The molecule has 0 bridgehead atoms. The molecule has 1 amide bonds. The number of thioether (sulfide) groups is 1. The molecule has 0 saturated carbocycles. The number of amides is 1. The molecular weight excluding hydrogens is 398 g/mol. The minimum Gasteiger partial charge on any atom is -0.302 e. The molecule has 0 N–H and O–H groups in total. The molecule has 2 aromatic carbocycles. The summed E-state index contributed by atoms with van der Waals surface area (Å²) in [6.07, 6.45) is 0. The van der Waals surface area contributed by atoms with E-state index >= 15 is 0 Å². The van der Waals surface area contributed by atoms with Gasteiger partial charge >= 0.3 is 0 Å². The lowest BCUT2D eigenvalue weighted by molar-refractivity contribution is 0.0981. The predicted molar refractivity (Wildman–Crippen MR) is 127 cm³/mol. The summed E-state index contributed by atoms with van der Waals surface area (Å²) in [6.45, 7) is 11.9. The standard InChI is InChI=1S/C23H29N3OS2/c1-5-25(6-2)14-15-26(22(27)18-10-8-9-11-20(18)28-7-3)23-24-19-13-12-17(4)16-21(19)29-23/h8-13,16H,5-7,14-15H2,1-4H3. The van der Waals surface area contributed by atoms with Crippen LogP contribution in [0, 0.1) is 6.92 Å². The van der Waals surface area contributed by atoms with Gasteiger partial charge in [0.15, 0.2) is 5.13 Å². The molecule has 0 atom stereocenters. The number of aryl methyl sites for hydroxylation is 1. The highest BCUT2D eigenvalue weighted by Crippen LogP contribution is 2.32. The fraction of sp³-hybridized carbons (Fsp3) is 0.391. The van der Waals surface area contributed by atoms with E-state index in [4.69, 9.17) is 4.98 Å². The zero-order chi connectivity index (χ0) is 20.8. The first kappa shape index (κ1) is 21.8. The third-order valence-corrected chi connectivity index (χ3v) is 6.96. The van der Waals surface area contributed by atoms with E-state index < -0.39 is 0 Å². The fourth-order valence-corrected chi connectivity index (χ4v) is 5.16. The van der Waals surface area contributed by atoms with Crippen molar-refractivity contribution in [2.45, 2.75) is 32.6 Å². The highest BCUT2D eigenvalue weighted by molar-refractivity contribution is 7.99. The zero-order valence-electron chi connectivity index (χ0n) is 17.6. The number of hydrogen-bond donors (Lipinski definition) is 0. The third kappa shape index (κ3) is 5.18. The number of fused-ring (bicyclic) bond motifs is 1. The Hall–Kier alpha value is -1.89. The average molecular weight is 428 g/mol. The number of thiazole rings is 1. The summed E-state index contributed by atoms with van der Waals surface area (Å²) in [5.41, 5.74) is 2.92. The summed E-state index contributed by atoms with van der Waals surface area (Å²) in [5.74, 6) is 0.967. The Morgan fingerprint density at radius 1 is 1.07 bits per heavy atom. The molecule has 0 unspecified atom stereocenters. The Balaban J connectivity index is 1.98. The number of aromatic nitrogens is 1. The molecule has 0 spiro atoms. The largest absolute Gasteiger partial charge is 0.302 e. The van der Waals surface area contributed by atoms with Gasteiger partial charge in [-0.25, -0.2) is 4.98 Å². The molecule has 154 valence electrons. The molecule has 0 aliphatic carbocycles. The Labute approximate surface area is 181 Å². The van der Waals surface area contributed by atoms with Gasteiger partial charge in [0, 0.05) is 18.0 Å². The van der Waals surface area contributed by atoms with Gasteiger partial charge in [0.1, 0.15) is 0 Å². The predicted octanol–water partition coefficient (Wildman–Crippen LogP) is 5.71. The minimum absolute atomic E-state index is 0.0319. The SMILES string of the molecule is CCSc1ccccc1C(=O)N(CCN(CC)CC)c1nc2ccc(C)cc2s1. The van der Waals surface area contributed by atoms with E-state index in [2.05, 4.69) is 44.7 Å². The number of likely N-dealkylation sites (N-methyl/N-ethyl adjacent to an activating group) is 1. The van der Waals surface area contributed by atoms with Crippen LogP contribution in [0.2, 0.25) is 0 Å². The number of hydrogen-bond acceptors (Lipinski definition) is 5. The van der Waals surface area contributed by atoms with Gasteiger partial charge in [-0.2, -0.15) is 0 Å². The fourth-order valence-electron chi connectivity index (χ4n) is 3.27. The topological polar surface area (TPSA) is 36.4 Å². The van der Waals surface area contributed by atoms with Gasteiger partial charge in [0.05, 0.1) is 15.8 Å². The summed E-state index contributed by atoms with van der Waals surface area (Å²) in [6, 6.07) is 14.2. The molecule has 1 heterocycles. The second-order valence-electron chi connectivity index (χ2n) is 6.88. The second-order valence-corrected chi connectivity index (χ2v) is 9.20. The molecule has 0 radical (unpaired) electrons. The van der Waals surface area contributed by atoms with Gasteiger partial charge in [-0.1, -0.05) is 50.3 Å². The van der Waals surface area contributed by atoms with Gasteiger partial charge in [0.2, 0.25) is 0 Å². The van der Waals surface area contributed by atoms with Crippen molar-refractivity contribution in [3.8, 4) is 0 Å². The van der Waals surface area contributed by atoms with Crippen molar-refractivity contribution in [1.82, 2.24) is 9.88 Å². The van der Waals surface area contributed by atoms with Crippen LogP contribution in [-0.4, -0.2) is 47.7 Å². The van der Waals surface area contributed by atoms with Crippen LogP contribution < -0.4 is 4.90 Å². The van der Waals surface area contributed by atoms with Crippen LogP contribution in [-0.2, 0) is 0 Å².